The number of hydrogen-bond donors (Lipinski definition) is 1. The molecule has 1 fully saturated rings. The Morgan fingerprint density at radius 1 is 0.893 bits per heavy atom. The van der Waals surface area contributed by atoms with Crippen LogP contribution in [0.5, 0.6) is 0 Å². The first-order chi connectivity index (χ1) is 13.7. The van der Waals surface area contributed by atoms with Crippen molar-refractivity contribution in [2.24, 2.45) is 0 Å². The van der Waals surface area contributed by atoms with Crippen LogP contribution >= 0.6 is 0 Å². The summed E-state index contributed by atoms with van der Waals surface area (Å²) in [6, 6.07) is 3.88. The number of furan rings is 1. The van der Waals surface area contributed by atoms with E-state index in [0.717, 1.165) is 56.8 Å². The Balaban J connectivity index is 0.000000283. The molecule has 1 aromatic heterocycles. The van der Waals surface area contributed by atoms with Gasteiger partial charge >= 0.3 is 0 Å². The summed E-state index contributed by atoms with van der Waals surface area (Å²) in [5.74, 6) is 1.74. The Morgan fingerprint density at radius 2 is 1.50 bits per heavy atom. The van der Waals surface area contributed by atoms with Crippen molar-refractivity contribution in [3.05, 3.63) is 23.7 Å². The number of rotatable bonds is 14. The third-order valence-electron chi connectivity index (χ3n) is 4.40. The highest BCUT2D eigenvalue weighted by atomic mass is 16.5. The van der Waals surface area contributed by atoms with Crippen LogP contribution < -0.4 is 0 Å². The molecule has 28 heavy (non-hydrogen) atoms. The van der Waals surface area contributed by atoms with Crippen molar-refractivity contribution < 1.29 is 28.5 Å². The molecule has 1 aliphatic rings. The molecule has 0 aromatic carbocycles. The monoisotopic (exact) mass is 400 g/mol. The fourth-order valence-electron chi connectivity index (χ4n) is 2.70. The van der Waals surface area contributed by atoms with Crippen LogP contribution in [-0.4, -0.2) is 50.3 Å². The summed E-state index contributed by atoms with van der Waals surface area (Å²) in [5.41, 5.74) is 0. The molecular weight excluding hydrogens is 360 g/mol. The molecule has 0 aliphatic carbocycles. The Morgan fingerprint density at radius 3 is 2.07 bits per heavy atom. The minimum absolute atomic E-state index is 0.0553. The summed E-state index contributed by atoms with van der Waals surface area (Å²) in [6.45, 7) is 10.6. The molecule has 2 unspecified atom stereocenters. The summed E-state index contributed by atoms with van der Waals surface area (Å²) in [5, 5.41) is 8.83. The quantitative estimate of drug-likeness (QED) is 0.465. The largest absolute Gasteiger partial charge is 0.461 e. The van der Waals surface area contributed by atoms with Gasteiger partial charge in [-0.05, 0) is 44.7 Å². The van der Waals surface area contributed by atoms with Crippen molar-refractivity contribution >= 4 is 0 Å². The van der Waals surface area contributed by atoms with Crippen LogP contribution in [0.4, 0.5) is 0 Å². The molecular formula is C22H40O6. The van der Waals surface area contributed by atoms with Crippen molar-refractivity contribution in [2.45, 2.75) is 84.7 Å². The lowest BCUT2D eigenvalue weighted by Crippen LogP contribution is -2.19. The van der Waals surface area contributed by atoms with E-state index in [4.69, 9.17) is 28.5 Å². The lowest BCUT2D eigenvalue weighted by molar-refractivity contribution is -0.0317. The van der Waals surface area contributed by atoms with E-state index in [-0.39, 0.29) is 18.8 Å². The standard InChI is InChI=1S/C12H20O3.C10H20O3/c1-3-5-8-14-10-12-7-6-11(15-12)9-13-4-2;1-2-3-6-12-8-10-5-4-9(7-11)13-10/h6-7H,3-5,8-10H2,1-2H3;9-11H,2-8H2,1H3. The molecule has 1 aliphatic heterocycles. The summed E-state index contributed by atoms with van der Waals surface area (Å²) >= 11 is 0. The van der Waals surface area contributed by atoms with Gasteiger partial charge in [0.25, 0.3) is 0 Å². The van der Waals surface area contributed by atoms with E-state index in [0.29, 0.717) is 26.4 Å². The number of unbranched alkanes of at least 4 members (excludes halogenated alkanes) is 2. The molecule has 0 amide bonds. The summed E-state index contributed by atoms with van der Waals surface area (Å²) in [4.78, 5) is 0. The highest BCUT2D eigenvalue weighted by Crippen LogP contribution is 2.19. The van der Waals surface area contributed by atoms with E-state index < -0.39 is 0 Å². The number of aliphatic hydroxyl groups excluding tert-OH is 1. The van der Waals surface area contributed by atoms with Crippen LogP contribution in [0.25, 0.3) is 0 Å². The lowest BCUT2D eigenvalue weighted by atomic mass is 10.2. The molecule has 0 bridgehead atoms. The first kappa shape index (κ1) is 25.1. The zero-order valence-corrected chi connectivity index (χ0v) is 18.0. The van der Waals surface area contributed by atoms with E-state index in [1.165, 1.54) is 6.42 Å². The third-order valence-corrected chi connectivity index (χ3v) is 4.40. The highest BCUT2D eigenvalue weighted by Gasteiger charge is 2.24. The Labute approximate surface area is 170 Å². The van der Waals surface area contributed by atoms with Crippen LogP contribution in [0.15, 0.2) is 16.5 Å². The lowest BCUT2D eigenvalue weighted by Gasteiger charge is -2.11. The fourth-order valence-corrected chi connectivity index (χ4v) is 2.70. The van der Waals surface area contributed by atoms with Gasteiger partial charge in [0.1, 0.15) is 24.7 Å². The number of hydrogen-bond acceptors (Lipinski definition) is 6. The van der Waals surface area contributed by atoms with Crippen LogP contribution in [0.3, 0.4) is 0 Å². The average Bonchev–Trinajstić information content (AvgIpc) is 3.37. The summed E-state index contributed by atoms with van der Waals surface area (Å²) < 4.78 is 27.2. The molecule has 0 radical (unpaired) electrons. The molecule has 164 valence electrons. The van der Waals surface area contributed by atoms with Crippen LogP contribution in [0.1, 0.15) is 70.8 Å². The predicted octanol–water partition coefficient (Wildman–Crippen LogP) is 4.48. The first-order valence-corrected chi connectivity index (χ1v) is 10.8. The van der Waals surface area contributed by atoms with Crippen molar-refractivity contribution in [3.63, 3.8) is 0 Å². The van der Waals surface area contributed by atoms with E-state index >= 15 is 0 Å². The van der Waals surface area contributed by atoms with Gasteiger partial charge in [-0.25, -0.2) is 0 Å². The van der Waals surface area contributed by atoms with Crippen molar-refractivity contribution in [3.8, 4) is 0 Å². The van der Waals surface area contributed by atoms with Gasteiger partial charge in [-0.2, -0.15) is 0 Å². The second-order valence-corrected chi connectivity index (χ2v) is 6.98. The van der Waals surface area contributed by atoms with Gasteiger partial charge in [0.15, 0.2) is 0 Å². The normalized spacial score (nSPS) is 18.9. The second kappa shape index (κ2) is 17.0. The molecule has 2 heterocycles. The van der Waals surface area contributed by atoms with Gasteiger partial charge in [-0.3, -0.25) is 0 Å². The Bertz CT molecular complexity index is 462. The van der Waals surface area contributed by atoms with E-state index in [2.05, 4.69) is 13.8 Å². The van der Waals surface area contributed by atoms with Crippen molar-refractivity contribution in [1.82, 2.24) is 0 Å². The maximum Gasteiger partial charge on any atom is 0.129 e. The zero-order chi connectivity index (χ0) is 20.5. The van der Waals surface area contributed by atoms with Crippen molar-refractivity contribution in [2.75, 3.05) is 33.0 Å². The molecule has 1 aromatic rings. The number of aliphatic hydroxyl groups is 1. The van der Waals surface area contributed by atoms with Gasteiger partial charge in [-0.15, -0.1) is 0 Å². The molecule has 2 rings (SSSR count). The van der Waals surface area contributed by atoms with E-state index in [1.807, 2.05) is 19.1 Å². The minimum Gasteiger partial charge on any atom is -0.461 e. The zero-order valence-electron chi connectivity index (χ0n) is 18.0. The molecule has 6 heteroatoms. The van der Waals surface area contributed by atoms with E-state index in [1.54, 1.807) is 0 Å². The maximum absolute atomic E-state index is 8.83. The highest BCUT2D eigenvalue weighted by molar-refractivity contribution is 5.05. The number of ether oxygens (including phenoxy) is 4. The van der Waals surface area contributed by atoms with Gasteiger partial charge in [0, 0.05) is 19.8 Å². The average molecular weight is 401 g/mol. The van der Waals surface area contributed by atoms with Gasteiger partial charge in [-0.1, -0.05) is 26.7 Å². The van der Waals surface area contributed by atoms with Gasteiger partial charge in [0.05, 0.1) is 25.4 Å². The summed E-state index contributed by atoms with van der Waals surface area (Å²) in [7, 11) is 0. The maximum atomic E-state index is 8.83. The Hall–Kier alpha value is -0.920. The molecule has 2 atom stereocenters. The van der Waals surface area contributed by atoms with Crippen LogP contribution in [-0.2, 0) is 32.2 Å². The smallest absolute Gasteiger partial charge is 0.129 e. The first-order valence-electron chi connectivity index (χ1n) is 10.8. The fraction of sp³-hybridized carbons (Fsp3) is 0.818. The predicted molar refractivity (Wildman–Crippen MR) is 109 cm³/mol. The molecule has 1 saturated heterocycles. The minimum atomic E-state index is 0.0553. The Kier molecular flexibility index (Phi) is 15.2. The van der Waals surface area contributed by atoms with Gasteiger partial charge < -0.3 is 28.5 Å². The SMILES string of the molecule is CCCCOCC1CCC(CO)O1.CCCCOCc1ccc(COCC)o1. The topological polar surface area (TPSA) is 70.3 Å². The molecule has 6 nitrogen and oxygen atoms in total. The van der Waals surface area contributed by atoms with Crippen molar-refractivity contribution in [1.29, 1.82) is 0 Å². The molecule has 0 saturated carbocycles. The third kappa shape index (κ3) is 11.8. The second-order valence-electron chi connectivity index (χ2n) is 6.98. The van der Waals surface area contributed by atoms with Gasteiger partial charge in [0.2, 0.25) is 0 Å². The summed E-state index contributed by atoms with van der Waals surface area (Å²) in [6.07, 6.45) is 6.82. The van der Waals surface area contributed by atoms with Crippen LogP contribution in [0, 0.1) is 0 Å². The molecule has 0 spiro atoms. The molecule has 1 N–H and O–H groups in total. The van der Waals surface area contributed by atoms with E-state index in [9.17, 15) is 0 Å². The van der Waals surface area contributed by atoms with Crippen LogP contribution in [0.2, 0.25) is 0 Å².